The van der Waals surface area contributed by atoms with Gasteiger partial charge in [-0.3, -0.25) is 0 Å². The number of esters is 1. The lowest BCUT2D eigenvalue weighted by molar-refractivity contribution is -0.139. The van der Waals surface area contributed by atoms with Crippen molar-refractivity contribution >= 4 is 18.0 Å². The van der Waals surface area contributed by atoms with Crippen molar-refractivity contribution in [3.63, 3.8) is 0 Å². The topological polar surface area (TPSA) is 102 Å². The monoisotopic (exact) mass is 563 g/mol. The number of ether oxygens (including phenoxy) is 2. The molecule has 4 aromatic rings. The predicted molar refractivity (Wildman–Crippen MR) is 160 cm³/mol. The van der Waals surface area contributed by atoms with E-state index in [1.54, 1.807) is 18.2 Å². The summed E-state index contributed by atoms with van der Waals surface area (Å²) >= 11 is 0. The van der Waals surface area contributed by atoms with Crippen molar-refractivity contribution in [2.45, 2.75) is 44.8 Å². The van der Waals surface area contributed by atoms with E-state index in [0.29, 0.717) is 5.56 Å². The Hall–Kier alpha value is -4.91. The smallest absolute Gasteiger partial charge is 0.407 e. The van der Waals surface area contributed by atoms with Gasteiger partial charge in [0.1, 0.15) is 18.2 Å². The molecule has 214 valence electrons. The summed E-state index contributed by atoms with van der Waals surface area (Å²) in [6.45, 7) is 5.56. The Labute approximate surface area is 245 Å². The van der Waals surface area contributed by atoms with Crippen LogP contribution in [-0.4, -0.2) is 41.4 Å². The number of carbonyl (C=O) groups excluding carboxylic acids is 2. The number of carboxylic acids is 1. The summed E-state index contributed by atoms with van der Waals surface area (Å²) < 4.78 is 11.0. The highest BCUT2D eigenvalue weighted by molar-refractivity contribution is 5.91. The third kappa shape index (κ3) is 6.52. The second-order valence-electron chi connectivity index (χ2n) is 11.3. The summed E-state index contributed by atoms with van der Waals surface area (Å²) in [5.41, 5.74) is 6.67. The highest BCUT2D eigenvalue weighted by Gasteiger charge is 2.30. The number of alkyl carbamates (subject to hydrolysis) is 1. The first-order valence-corrected chi connectivity index (χ1v) is 13.9. The normalized spacial score (nSPS) is 13.0. The molecular weight excluding hydrogens is 530 g/mol. The van der Waals surface area contributed by atoms with Gasteiger partial charge in [-0.1, -0.05) is 84.9 Å². The van der Waals surface area contributed by atoms with Gasteiger partial charge in [-0.05, 0) is 71.8 Å². The van der Waals surface area contributed by atoms with Crippen LogP contribution in [0.15, 0.2) is 97.1 Å². The van der Waals surface area contributed by atoms with Crippen LogP contribution >= 0.6 is 0 Å². The quantitative estimate of drug-likeness (QED) is 0.228. The summed E-state index contributed by atoms with van der Waals surface area (Å²) in [5, 5.41) is 12.3. The van der Waals surface area contributed by atoms with Gasteiger partial charge >= 0.3 is 18.0 Å². The van der Waals surface area contributed by atoms with Gasteiger partial charge in [0.15, 0.2) is 0 Å². The van der Waals surface area contributed by atoms with Crippen LogP contribution in [0, 0.1) is 0 Å². The van der Waals surface area contributed by atoms with Crippen molar-refractivity contribution in [1.29, 1.82) is 0 Å². The molecule has 5 rings (SSSR count). The van der Waals surface area contributed by atoms with E-state index in [1.807, 2.05) is 87.5 Å². The molecule has 0 aromatic heterocycles. The molecule has 2 N–H and O–H groups in total. The highest BCUT2D eigenvalue weighted by Crippen LogP contribution is 2.44. The molecule has 1 atom stereocenters. The minimum absolute atomic E-state index is 0.0811. The van der Waals surface area contributed by atoms with E-state index in [-0.39, 0.29) is 18.9 Å². The second kappa shape index (κ2) is 11.9. The van der Waals surface area contributed by atoms with E-state index in [4.69, 9.17) is 9.47 Å². The molecule has 0 radical (unpaired) electrons. The Kier molecular flexibility index (Phi) is 8.11. The third-order valence-corrected chi connectivity index (χ3v) is 7.16. The third-order valence-electron chi connectivity index (χ3n) is 7.16. The number of fused-ring (bicyclic) bond motifs is 3. The van der Waals surface area contributed by atoms with Crippen LogP contribution in [0.25, 0.3) is 22.3 Å². The molecule has 0 bridgehead atoms. The van der Waals surface area contributed by atoms with E-state index in [0.717, 1.165) is 38.9 Å². The van der Waals surface area contributed by atoms with Crippen molar-refractivity contribution in [3.05, 3.63) is 119 Å². The predicted octanol–water partition coefficient (Wildman–Crippen LogP) is 6.84. The molecule has 0 saturated heterocycles. The molecule has 1 aliphatic rings. The molecule has 4 aromatic carbocycles. The van der Waals surface area contributed by atoms with Gasteiger partial charge in [-0.2, -0.15) is 0 Å². The summed E-state index contributed by atoms with van der Waals surface area (Å²) in [6, 6.07) is 29.4. The number of benzene rings is 4. The lowest BCUT2D eigenvalue weighted by Crippen LogP contribution is -2.42. The molecule has 0 saturated carbocycles. The summed E-state index contributed by atoms with van der Waals surface area (Å²) in [4.78, 5) is 37.2. The Bertz CT molecular complexity index is 1570. The maximum atomic E-state index is 12.7. The molecule has 7 nitrogen and oxygen atoms in total. The summed E-state index contributed by atoms with van der Waals surface area (Å²) in [6.07, 6.45) is -0.697. The number of rotatable bonds is 8. The van der Waals surface area contributed by atoms with Crippen LogP contribution < -0.4 is 5.32 Å². The Morgan fingerprint density at radius 3 is 2.02 bits per heavy atom. The minimum atomic E-state index is -1.16. The van der Waals surface area contributed by atoms with E-state index in [1.165, 1.54) is 0 Å². The molecule has 0 fully saturated rings. The SMILES string of the molecule is CC(C)(C)OC(=O)c1cccc(-c2ccc(C[C@@H](NC(=O)OCC3c4ccccc4-c4ccccc43)C(=O)O)cc2)c1. The Morgan fingerprint density at radius 1 is 0.810 bits per heavy atom. The molecular formula is C35H33NO6. The van der Waals surface area contributed by atoms with Crippen molar-refractivity contribution < 1.29 is 29.0 Å². The van der Waals surface area contributed by atoms with Crippen LogP contribution in [0.3, 0.4) is 0 Å². The first-order valence-electron chi connectivity index (χ1n) is 13.9. The van der Waals surface area contributed by atoms with Gasteiger partial charge in [-0.25, -0.2) is 14.4 Å². The van der Waals surface area contributed by atoms with Gasteiger partial charge < -0.3 is 19.9 Å². The molecule has 42 heavy (non-hydrogen) atoms. The Balaban J connectivity index is 1.21. The van der Waals surface area contributed by atoms with Crippen LogP contribution in [0.2, 0.25) is 0 Å². The lowest BCUT2D eigenvalue weighted by Gasteiger charge is -2.19. The first kappa shape index (κ1) is 28.6. The van der Waals surface area contributed by atoms with E-state index >= 15 is 0 Å². The molecule has 0 aliphatic heterocycles. The zero-order valence-electron chi connectivity index (χ0n) is 23.8. The number of aliphatic carboxylic acids is 1. The zero-order valence-corrected chi connectivity index (χ0v) is 23.8. The average Bonchev–Trinajstić information content (AvgIpc) is 3.29. The van der Waals surface area contributed by atoms with Gasteiger partial charge in [0.2, 0.25) is 0 Å². The van der Waals surface area contributed by atoms with Gasteiger partial charge in [0.25, 0.3) is 0 Å². The van der Waals surface area contributed by atoms with E-state index < -0.39 is 29.7 Å². The average molecular weight is 564 g/mol. The van der Waals surface area contributed by atoms with Crippen LogP contribution in [-0.2, 0) is 20.7 Å². The summed E-state index contributed by atoms with van der Waals surface area (Å²) in [5.74, 6) is -1.67. The summed E-state index contributed by atoms with van der Waals surface area (Å²) in [7, 11) is 0. The van der Waals surface area contributed by atoms with Crippen molar-refractivity contribution in [1.82, 2.24) is 5.32 Å². The molecule has 1 aliphatic carbocycles. The first-order chi connectivity index (χ1) is 20.1. The zero-order chi connectivity index (χ0) is 29.9. The standard InChI is InChI=1S/C35H33NO6/c1-35(2,3)42-33(39)25-10-8-9-24(20-25)23-17-15-22(16-18-23)19-31(32(37)38)36-34(40)41-21-30-28-13-6-4-11-26(28)27-12-5-7-14-29(27)30/h4-18,20,30-31H,19,21H2,1-3H3,(H,36,40)(H,37,38)/t31-/m1/s1. The lowest BCUT2D eigenvalue weighted by atomic mass is 9.98. The van der Waals surface area contributed by atoms with Crippen molar-refractivity contribution in [2.75, 3.05) is 6.61 Å². The molecule has 0 unspecified atom stereocenters. The maximum absolute atomic E-state index is 12.7. The van der Waals surface area contributed by atoms with Crippen molar-refractivity contribution in [2.24, 2.45) is 0 Å². The molecule has 7 heteroatoms. The molecule has 1 amide bonds. The number of amides is 1. The maximum Gasteiger partial charge on any atom is 0.407 e. The number of nitrogens with one attached hydrogen (secondary N) is 1. The fourth-order valence-corrected chi connectivity index (χ4v) is 5.21. The fourth-order valence-electron chi connectivity index (χ4n) is 5.21. The minimum Gasteiger partial charge on any atom is -0.480 e. The number of carbonyl (C=O) groups is 3. The molecule has 0 spiro atoms. The second-order valence-corrected chi connectivity index (χ2v) is 11.3. The van der Waals surface area contributed by atoms with Gasteiger partial charge in [0, 0.05) is 12.3 Å². The fraction of sp³-hybridized carbons (Fsp3) is 0.229. The number of hydrogen-bond donors (Lipinski definition) is 2. The number of hydrogen-bond acceptors (Lipinski definition) is 5. The molecule has 0 heterocycles. The van der Waals surface area contributed by atoms with Crippen LogP contribution in [0.5, 0.6) is 0 Å². The highest BCUT2D eigenvalue weighted by atomic mass is 16.6. The van der Waals surface area contributed by atoms with E-state index in [9.17, 15) is 19.5 Å². The van der Waals surface area contributed by atoms with E-state index in [2.05, 4.69) is 17.4 Å². The Morgan fingerprint density at radius 2 is 1.43 bits per heavy atom. The van der Waals surface area contributed by atoms with Gasteiger partial charge in [-0.15, -0.1) is 0 Å². The van der Waals surface area contributed by atoms with Crippen LogP contribution in [0.1, 0.15) is 53.7 Å². The van der Waals surface area contributed by atoms with Crippen LogP contribution in [0.4, 0.5) is 4.79 Å². The largest absolute Gasteiger partial charge is 0.480 e. The van der Waals surface area contributed by atoms with Crippen molar-refractivity contribution in [3.8, 4) is 22.3 Å². The number of carboxylic acid groups (broad SMARTS) is 1. The van der Waals surface area contributed by atoms with Gasteiger partial charge in [0.05, 0.1) is 5.56 Å².